The molecular weight excluding hydrogens is 590 g/mol. The Morgan fingerprint density at radius 2 is 1.68 bits per heavy atom. The zero-order valence-electron chi connectivity index (χ0n) is 20.8. The van der Waals surface area contributed by atoms with Gasteiger partial charge in [0, 0.05) is 23.1 Å². The Labute approximate surface area is 234 Å². The number of benzene rings is 2. The van der Waals surface area contributed by atoms with Crippen LogP contribution in [0.15, 0.2) is 36.4 Å². The van der Waals surface area contributed by atoms with Crippen LogP contribution in [-0.4, -0.2) is 50.5 Å². The predicted octanol–water partition coefficient (Wildman–Crippen LogP) is 5.77. The Bertz CT molecular complexity index is 1280. The van der Waals surface area contributed by atoms with E-state index in [9.17, 15) is 31.2 Å². The van der Waals surface area contributed by atoms with Gasteiger partial charge in [-0.25, -0.2) is 8.42 Å². The third kappa shape index (κ3) is 8.39. The van der Waals surface area contributed by atoms with Crippen LogP contribution in [0.5, 0.6) is 0 Å². The quantitative estimate of drug-likeness (QED) is 0.348. The summed E-state index contributed by atoms with van der Waals surface area (Å²) in [6.45, 7) is 2.81. The summed E-state index contributed by atoms with van der Waals surface area (Å²) in [5.41, 5.74) is -1.23. The summed E-state index contributed by atoms with van der Waals surface area (Å²) in [5.74, 6) is -1.30. The second kappa shape index (κ2) is 13.2. The molecule has 0 radical (unpaired) electrons. The average Bonchev–Trinajstić information content (AvgIpc) is 2.81. The molecule has 0 aliphatic heterocycles. The van der Waals surface area contributed by atoms with Gasteiger partial charge in [-0.05, 0) is 48.7 Å². The summed E-state index contributed by atoms with van der Waals surface area (Å²) >= 11 is 17.9. The van der Waals surface area contributed by atoms with Crippen LogP contribution in [0.2, 0.25) is 15.1 Å². The first kappa shape index (κ1) is 32.0. The van der Waals surface area contributed by atoms with Crippen molar-refractivity contribution in [3.8, 4) is 0 Å². The van der Waals surface area contributed by atoms with Crippen LogP contribution in [0, 0.1) is 0 Å². The van der Waals surface area contributed by atoms with Gasteiger partial charge in [-0.3, -0.25) is 13.9 Å². The van der Waals surface area contributed by atoms with Gasteiger partial charge in [0.2, 0.25) is 21.8 Å². The van der Waals surface area contributed by atoms with Crippen molar-refractivity contribution < 1.29 is 31.2 Å². The fourth-order valence-corrected chi connectivity index (χ4v) is 5.15. The summed E-state index contributed by atoms with van der Waals surface area (Å²) in [6, 6.07) is 6.07. The third-order valence-corrected chi connectivity index (χ3v) is 7.57. The molecule has 0 saturated carbocycles. The second-order valence-corrected chi connectivity index (χ2v) is 11.6. The summed E-state index contributed by atoms with van der Waals surface area (Å²) < 4.78 is 66.1. The van der Waals surface area contributed by atoms with Gasteiger partial charge in [0.15, 0.2) is 0 Å². The normalized spacial score (nSPS) is 12.7. The van der Waals surface area contributed by atoms with E-state index in [-0.39, 0.29) is 18.0 Å². The molecule has 2 amide bonds. The SMILES string of the molecule is CCCNC(=O)C(CC)N(Cc1ccc(Cl)cc1Cl)C(=O)CN(c1ccc(Cl)c(C(F)(F)F)c1)S(C)(=O)=O. The topological polar surface area (TPSA) is 86.8 Å². The first-order valence-corrected chi connectivity index (χ1v) is 14.4. The molecule has 0 heterocycles. The molecule has 2 aromatic rings. The summed E-state index contributed by atoms with van der Waals surface area (Å²) in [4.78, 5) is 27.7. The van der Waals surface area contributed by atoms with Crippen LogP contribution in [0.25, 0.3) is 0 Å². The lowest BCUT2D eigenvalue weighted by Gasteiger charge is -2.33. The number of carbonyl (C=O) groups is 2. The van der Waals surface area contributed by atoms with Crippen molar-refractivity contribution in [1.82, 2.24) is 10.2 Å². The zero-order valence-corrected chi connectivity index (χ0v) is 23.9. The van der Waals surface area contributed by atoms with Crippen molar-refractivity contribution in [2.75, 3.05) is 23.7 Å². The van der Waals surface area contributed by atoms with Crippen molar-refractivity contribution in [3.05, 3.63) is 62.6 Å². The number of amides is 2. The van der Waals surface area contributed by atoms with E-state index in [0.29, 0.717) is 33.9 Å². The van der Waals surface area contributed by atoms with E-state index in [0.717, 1.165) is 23.3 Å². The lowest BCUT2D eigenvalue weighted by Crippen LogP contribution is -2.52. The number of hydrogen-bond acceptors (Lipinski definition) is 4. The molecule has 0 fully saturated rings. The van der Waals surface area contributed by atoms with Gasteiger partial charge in [-0.2, -0.15) is 13.2 Å². The van der Waals surface area contributed by atoms with Crippen LogP contribution < -0.4 is 9.62 Å². The van der Waals surface area contributed by atoms with E-state index in [1.165, 1.54) is 6.07 Å². The van der Waals surface area contributed by atoms with E-state index >= 15 is 0 Å². The van der Waals surface area contributed by atoms with E-state index < -0.39 is 56.9 Å². The van der Waals surface area contributed by atoms with Gasteiger partial charge in [0.25, 0.3) is 0 Å². The first-order valence-electron chi connectivity index (χ1n) is 11.5. The number of nitrogens with one attached hydrogen (secondary N) is 1. The Balaban J connectivity index is 2.54. The fourth-order valence-electron chi connectivity index (χ4n) is 3.62. The highest BCUT2D eigenvalue weighted by Gasteiger charge is 2.36. The summed E-state index contributed by atoms with van der Waals surface area (Å²) in [5, 5.41) is 2.65. The van der Waals surface area contributed by atoms with Crippen LogP contribution in [0.4, 0.5) is 18.9 Å². The van der Waals surface area contributed by atoms with Crippen molar-refractivity contribution in [3.63, 3.8) is 0 Å². The highest BCUT2D eigenvalue weighted by molar-refractivity contribution is 7.92. The van der Waals surface area contributed by atoms with Crippen LogP contribution in [0.1, 0.15) is 37.8 Å². The zero-order chi connectivity index (χ0) is 28.8. The van der Waals surface area contributed by atoms with Crippen molar-refractivity contribution in [1.29, 1.82) is 0 Å². The van der Waals surface area contributed by atoms with Crippen molar-refractivity contribution in [2.24, 2.45) is 0 Å². The minimum absolute atomic E-state index is 0.171. The molecule has 0 aromatic heterocycles. The van der Waals surface area contributed by atoms with Gasteiger partial charge < -0.3 is 10.2 Å². The number of carbonyl (C=O) groups excluding carboxylic acids is 2. The Morgan fingerprint density at radius 3 is 2.21 bits per heavy atom. The number of sulfonamides is 1. The first-order chi connectivity index (χ1) is 17.6. The van der Waals surface area contributed by atoms with E-state index in [2.05, 4.69) is 5.32 Å². The van der Waals surface area contributed by atoms with E-state index in [4.69, 9.17) is 34.8 Å². The molecule has 2 rings (SSSR count). The smallest absolute Gasteiger partial charge is 0.354 e. The lowest BCUT2D eigenvalue weighted by molar-refractivity contribution is -0.140. The Morgan fingerprint density at radius 1 is 1.03 bits per heavy atom. The molecular formula is C24H27Cl3F3N3O4S. The minimum atomic E-state index is -4.86. The molecule has 1 atom stereocenters. The summed E-state index contributed by atoms with van der Waals surface area (Å²) in [6.07, 6.45) is -3.29. The highest BCUT2D eigenvalue weighted by atomic mass is 35.5. The number of alkyl halides is 3. The Kier molecular flexibility index (Phi) is 11.1. The van der Waals surface area contributed by atoms with Gasteiger partial charge in [-0.1, -0.05) is 54.7 Å². The second-order valence-electron chi connectivity index (χ2n) is 8.40. The Hall–Kier alpha value is -2.21. The van der Waals surface area contributed by atoms with E-state index in [1.54, 1.807) is 19.1 Å². The molecule has 1 N–H and O–H groups in total. The molecule has 2 aromatic carbocycles. The van der Waals surface area contributed by atoms with Gasteiger partial charge >= 0.3 is 6.18 Å². The molecule has 0 aliphatic rings. The lowest BCUT2D eigenvalue weighted by atomic mass is 10.1. The van der Waals surface area contributed by atoms with Crippen molar-refractivity contribution in [2.45, 2.75) is 45.5 Å². The molecule has 0 spiro atoms. The standard InChI is InChI=1S/C24H27Cl3F3N3O4S/c1-4-10-31-23(35)21(5-2)32(13-15-6-7-16(25)11-20(15)27)22(34)14-33(38(3,36)37)17-8-9-19(26)18(12-17)24(28,29)30/h6-9,11-12,21H,4-5,10,13-14H2,1-3H3,(H,31,35). The van der Waals surface area contributed by atoms with Gasteiger partial charge in [0.05, 0.1) is 22.5 Å². The molecule has 0 saturated heterocycles. The minimum Gasteiger partial charge on any atom is -0.354 e. The van der Waals surface area contributed by atoms with Gasteiger partial charge in [0.1, 0.15) is 12.6 Å². The monoisotopic (exact) mass is 615 g/mol. The average molecular weight is 617 g/mol. The number of nitrogens with zero attached hydrogens (tertiary/aromatic N) is 2. The summed E-state index contributed by atoms with van der Waals surface area (Å²) in [7, 11) is -4.24. The molecule has 210 valence electrons. The molecule has 14 heteroatoms. The molecule has 1 unspecified atom stereocenters. The fraction of sp³-hybridized carbons (Fsp3) is 0.417. The third-order valence-electron chi connectivity index (χ3n) is 5.51. The molecule has 38 heavy (non-hydrogen) atoms. The number of hydrogen-bond donors (Lipinski definition) is 1. The molecule has 0 bridgehead atoms. The van der Waals surface area contributed by atoms with Crippen molar-refractivity contribution >= 4 is 62.3 Å². The van der Waals surface area contributed by atoms with Crippen LogP contribution in [0.3, 0.4) is 0 Å². The maximum absolute atomic E-state index is 13.6. The number of halogens is 6. The molecule has 7 nitrogen and oxygen atoms in total. The van der Waals surface area contributed by atoms with Gasteiger partial charge in [-0.15, -0.1) is 0 Å². The predicted molar refractivity (Wildman–Crippen MR) is 143 cm³/mol. The van der Waals surface area contributed by atoms with E-state index in [1.807, 2.05) is 6.92 Å². The maximum Gasteiger partial charge on any atom is 0.417 e. The highest BCUT2D eigenvalue weighted by Crippen LogP contribution is 2.37. The van der Waals surface area contributed by atoms with Crippen LogP contribution >= 0.6 is 34.8 Å². The maximum atomic E-state index is 13.6. The number of anilines is 1. The largest absolute Gasteiger partial charge is 0.417 e. The number of rotatable bonds is 11. The van der Waals surface area contributed by atoms with Crippen LogP contribution in [-0.2, 0) is 32.3 Å². The molecule has 0 aliphatic carbocycles.